The number of piperidine rings is 1. The molecule has 2 rings (SSSR count). The second-order valence-corrected chi connectivity index (χ2v) is 5.78. The molecule has 0 aromatic carbocycles. The molecule has 116 valence electrons. The van der Waals surface area contributed by atoms with Gasteiger partial charge >= 0.3 is 5.97 Å². The minimum absolute atomic E-state index is 0.0137. The number of thiazole rings is 1. The maximum Gasteiger partial charge on any atom is 0.305 e. The highest BCUT2D eigenvalue weighted by Crippen LogP contribution is 2.18. The first-order valence-corrected chi connectivity index (χ1v) is 7.75. The van der Waals surface area contributed by atoms with Crippen molar-refractivity contribution in [1.29, 1.82) is 0 Å². The number of aliphatic carboxylic acids is 1. The van der Waals surface area contributed by atoms with Crippen LogP contribution in [0.3, 0.4) is 0 Å². The van der Waals surface area contributed by atoms with Gasteiger partial charge in [0.05, 0.1) is 19.1 Å². The van der Waals surface area contributed by atoms with E-state index in [0.717, 1.165) is 17.8 Å². The molecule has 7 nitrogen and oxygen atoms in total. The van der Waals surface area contributed by atoms with Crippen molar-refractivity contribution >= 4 is 23.2 Å². The van der Waals surface area contributed by atoms with Gasteiger partial charge in [0.25, 0.3) is 5.91 Å². The second-order valence-electron chi connectivity index (χ2n) is 4.84. The molecular formula is C13H19N3O4S. The zero-order valence-corrected chi connectivity index (χ0v) is 12.5. The number of nitrogens with two attached hydrogens (primary N) is 1. The molecule has 0 spiro atoms. The SMILES string of the molecule is NCc1nc(C(=O)N2CCC(OCCC(=O)O)CC2)cs1. The number of carbonyl (C=O) groups is 2. The van der Waals surface area contributed by atoms with Crippen molar-refractivity contribution in [1.82, 2.24) is 9.88 Å². The third kappa shape index (κ3) is 4.48. The van der Waals surface area contributed by atoms with Crippen LogP contribution in [0.4, 0.5) is 0 Å². The van der Waals surface area contributed by atoms with Crippen molar-refractivity contribution in [2.45, 2.75) is 31.9 Å². The lowest BCUT2D eigenvalue weighted by molar-refractivity contribution is -0.138. The molecule has 1 fully saturated rings. The maximum atomic E-state index is 12.2. The van der Waals surface area contributed by atoms with E-state index in [2.05, 4.69) is 4.98 Å². The molecule has 0 radical (unpaired) electrons. The van der Waals surface area contributed by atoms with E-state index in [1.54, 1.807) is 10.3 Å². The third-order valence-electron chi connectivity index (χ3n) is 3.34. The summed E-state index contributed by atoms with van der Waals surface area (Å²) in [6.45, 7) is 1.77. The molecule has 0 atom stereocenters. The maximum absolute atomic E-state index is 12.2. The van der Waals surface area contributed by atoms with E-state index < -0.39 is 5.97 Å². The van der Waals surface area contributed by atoms with Gasteiger partial charge in [-0.2, -0.15) is 0 Å². The van der Waals surface area contributed by atoms with E-state index in [1.165, 1.54) is 11.3 Å². The normalized spacial score (nSPS) is 16.1. The first-order chi connectivity index (χ1) is 10.1. The molecule has 1 aliphatic rings. The summed E-state index contributed by atoms with van der Waals surface area (Å²) in [7, 11) is 0. The van der Waals surface area contributed by atoms with Crippen molar-refractivity contribution in [3.05, 3.63) is 16.1 Å². The van der Waals surface area contributed by atoms with Crippen LogP contribution in [0.15, 0.2) is 5.38 Å². The third-order valence-corrected chi connectivity index (χ3v) is 4.22. The topological polar surface area (TPSA) is 106 Å². The molecule has 1 amide bonds. The number of aromatic nitrogens is 1. The van der Waals surface area contributed by atoms with Gasteiger partial charge in [0.15, 0.2) is 0 Å². The fourth-order valence-corrected chi connectivity index (χ4v) is 2.85. The lowest BCUT2D eigenvalue weighted by Crippen LogP contribution is -2.41. The lowest BCUT2D eigenvalue weighted by Gasteiger charge is -2.31. The number of carboxylic acids is 1. The molecule has 0 saturated carbocycles. The molecule has 1 aromatic heterocycles. The molecule has 0 aliphatic carbocycles. The summed E-state index contributed by atoms with van der Waals surface area (Å²) in [5, 5.41) is 11.0. The Hall–Kier alpha value is -1.51. The number of likely N-dealkylation sites (tertiary alicyclic amines) is 1. The number of amides is 1. The number of hydrogen-bond acceptors (Lipinski definition) is 6. The van der Waals surface area contributed by atoms with Gasteiger partial charge in [-0.25, -0.2) is 4.98 Å². The molecular weight excluding hydrogens is 294 g/mol. The molecule has 21 heavy (non-hydrogen) atoms. The van der Waals surface area contributed by atoms with E-state index >= 15 is 0 Å². The Morgan fingerprint density at radius 3 is 2.76 bits per heavy atom. The van der Waals surface area contributed by atoms with Gasteiger partial charge in [0, 0.05) is 25.0 Å². The van der Waals surface area contributed by atoms with Crippen LogP contribution in [0.1, 0.15) is 34.8 Å². The first-order valence-electron chi connectivity index (χ1n) is 6.87. The zero-order chi connectivity index (χ0) is 15.2. The highest BCUT2D eigenvalue weighted by atomic mass is 32.1. The molecule has 0 bridgehead atoms. The lowest BCUT2D eigenvalue weighted by atomic mass is 10.1. The predicted octanol–water partition coefficient (Wildman–Crippen LogP) is 0.698. The predicted molar refractivity (Wildman–Crippen MR) is 77.1 cm³/mol. The van der Waals surface area contributed by atoms with Crippen molar-refractivity contribution in [3.8, 4) is 0 Å². The van der Waals surface area contributed by atoms with Gasteiger partial charge in [0.1, 0.15) is 10.7 Å². The van der Waals surface area contributed by atoms with Gasteiger partial charge < -0.3 is 20.5 Å². The fourth-order valence-electron chi connectivity index (χ4n) is 2.20. The van der Waals surface area contributed by atoms with E-state index in [9.17, 15) is 9.59 Å². The van der Waals surface area contributed by atoms with E-state index in [4.69, 9.17) is 15.6 Å². The molecule has 1 aromatic rings. The van der Waals surface area contributed by atoms with Crippen molar-refractivity contribution in [3.63, 3.8) is 0 Å². The summed E-state index contributed by atoms with van der Waals surface area (Å²) >= 11 is 1.39. The second kappa shape index (κ2) is 7.48. The number of hydrogen-bond donors (Lipinski definition) is 2. The smallest absolute Gasteiger partial charge is 0.305 e. The zero-order valence-electron chi connectivity index (χ0n) is 11.7. The van der Waals surface area contributed by atoms with Crippen molar-refractivity contribution in [2.24, 2.45) is 5.73 Å². The Bertz CT molecular complexity index is 497. The Labute approximate surface area is 126 Å². The van der Waals surface area contributed by atoms with Gasteiger partial charge in [0.2, 0.25) is 0 Å². The standard InChI is InChI=1S/C13H19N3O4S/c14-7-11-15-10(8-21-11)13(19)16-4-1-9(2-5-16)20-6-3-12(17)18/h8-9H,1-7,14H2,(H,17,18). The minimum atomic E-state index is -0.859. The Balaban J connectivity index is 1.77. The van der Waals surface area contributed by atoms with Crippen LogP contribution in [0, 0.1) is 0 Å². The number of nitrogens with zero attached hydrogens (tertiary/aromatic N) is 2. The summed E-state index contributed by atoms with van der Waals surface area (Å²) in [5.41, 5.74) is 5.94. The molecule has 2 heterocycles. The van der Waals surface area contributed by atoms with Gasteiger partial charge in [-0.1, -0.05) is 0 Å². The average molecular weight is 313 g/mol. The fraction of sp³-hybridized carbons (Fsp3) is 0.615. The number of carboxylic acid groups (broad SMARTS) is 1. The Kier molecular flexibility index (Phi) is 5.66. The van der Waals surface area contributed by atoms with E-state index in [0.29, 0.717) is 25.3 Å². The largest absolute Gasteiger partial charge is 0.481 e. The molecule has 8 heteroatoms. The summed E-state index contributed by atoms with van der Waals surface area (Å²) in [4.78, 5) is 28.6. The van der Waals surface area contributed by atoms with Gasteiger partial charge in [-0.05, 0) is 12.8 Å². The van der Waals surface area contributed by atoms with Crippen LogP contribution in [-0.2, 0) is 16.1 Å². The van der Waals surface area contributed by atoms with E-state index in [-0.39, 0.29) is 25.0 Å². The van der Waals surface area contributed by atoms with Crippen LogP contribution in [-0.4, -0.2) is 52.7 Å². The average Bonchev–Trinajstić information content (AvgIpc) is 2.96. The molecule has 1 aliphatic heterocycles. The number of carbonyl (C=O) groups excluding carboxylic acids is 1. The van der Waals surface area contributed by atoms with Gasteiger partial charge in [-0.15, -0.1) is 11.3 Å². The van der Waals surface area contributed by atoms with Crippen molar-refractivity contribution in [2.75, 3.05) is 19.7 Å². The minimum Gasteiger partial charge on any atom is -0.481 e. The Morgan fingerprint density at radius 1 is 1.48 bits per heavy atom. The highest BCUT2D eigenvalue weighted by molar-refractivity contribution is 7.09. The van der Waals surface area contributed by atoms with Crippen molar-refractivity contribution < 1.29 is 19.4 Å². The first kappa shape index (κ1) is 15.9. The van der Waals surface area contributed by atoms with Gasteiger partial charge in [-0.3, -0.25) is 9.59 Å². The summed E-state index contributed by atoms with van der Waals surface area (Å²) in [5.74, 6) is -0.934. The monoisotopic (exact) mass is 313 g/mol. The summed E-state index contributed by atoms with van der Waals surface area (Å²) < 4.78 is 5.50. The van der Waals surface area contributed by atoms with Crippen LogP contribution in [0.5, 0.6) is 0 Å². The Morgan fingerprint density at radius 2 is 2.19 bits per heavy atom. The highest BCUT2D eigenvalue weighted by Gasteiger charge is 2.25. The number of ether oxygens (including phenoxy) is 1. The summed E-state index contributed by atoms with van der Waals surface area (Å²) in [6.07, 6.45) is 1.49. The van der Waals surface area contributed by atoms with Crippen LogP contribution in [0.25, 0.3) is 0 Å². The number of rotatable bonds is 6. The molecule has 3 N–H and O–H groups in total. The quantitative estimate of drug-likeness (QED) is 0.800. The van der Waals surface area contributed by atoms with Crippen LogP contribution < -0.4 is 5.73 Å². The molecule has 0 unspecified atom stereocenters. The van der Waals surface area contributed by atoms with E-state index in [1.807, 2.05) is 0 Å². The molecule has 1 saturated heterocycles. The van der Waals surface area contributed by atoms with Crippen LogP contribution >= 0.6 is 11.3 Å². The van der Waals surface area contributed by atoms with Crippen LogP contribution in [0.2, 0.25) is 0 Å². The summed E-state index contributed by atoms with van der Waals surface area (Å²) in [6, 6.07) is 0.